The number of carbonyl (C=O) groups excluding carboxylic acids is 1. The van der Waals surface area contributed by atoms with Crippen LogP contribution in [0, 0.1) is 0 Å². The van der Waals surface area contributed by atoms with Gasteiger partial charge in [0.25, 0.3) is 0 Å². The average Bonchev–Trinajstić information content (AvgIpc) is 2.59. The number of hydrogen-bond acceptors (Lipinski definition) is 3. The smallest absolute Gasteiger partial charge is 0.208 e. The quantitative estimate of drug-likeness (QED) is 0.598. The minimum absolute atomic E-state index is 0.0637. The number of nitrogens with zero attached hydrogens (tertiary/aromatic N) is 2. The lowest BCUT2D eigenvalue weighted by Crippen LogP contribution is -2.14. The lowest BCUT2D eigenvalue weighted by atomic mass is 10.1. The summed E-state index contributed by atoms with van der Waals surface area (Å²) in [6.07, 6.45) is 3.11. The number of fused-ring (bicyclic) bond motifs is 3. The summed E-state index contributed by atoms with van der Waals surface area (Å²) in [5.41, 5.74) is 3.39. The first-order valence-electron chi connectivity index (χ1n) is 4.33. The maximum absolute atomic E-state index is 11.4. The molecule has 3 heteroatoms. The minimum Gasteiger partial charge on any atom is -0.287 e. The normalized spacial score (nSPS) is 17.3. The fourth-order valence-electron chi connectivity index (χ4n) is 1.71. The molecule has 0 radical (unpaired) electrons. The first-order valence-corrected chi connectivity index (χ1v) is 4.33. The molecule has 0 amide bonds. The van der Waals surface area contributed by atoms with Gasteiger partial charge >= 0.3 is 0 Å². The molecule has 1 aromatic carbocycles. The van der Waals surface area contributed by atoms with E-state index in [1.807, 2.05) is 30.3 Å². The summed E-state index contributed by atoms with van der Waals surface area (Å²) < 4.78 is 0. The van der Waals surface area contributed by atoms with Crippen molar-refractivity contribution in [2.24, 2.45) is 10.2 Å². The number of benzene rings is 1. The molecule has 0 saturated heterocycles. The molecule has 0 unspecified atom stereocenters. The monoisotopic (exact) mass is 182 g/mol. The van der Waals surface area contributed by atoms with Gasteiger partial charge in [-0.15, -0.1) is 5.10 Å². The maximum Gasteiger partial charge on any atom is 0.208 e. The Morgan fingerprint density at radius 2 is 2.00 bits per heavy atom. The summed E-state index contributed by atoms with van der Waals surface area (Å²) in [4.78, 5) is 11.4. The first kappa shape index (κ1) is 7.38. The fraction of sp³-hybridized carbons (Fsp3) is 0. The highest BCUT2D eigenvalue weighted by Crippen LogP contribution is 2.27. The first-order chi connectivity index (χ1) is 6.86. The Hall–Kier alpha value is -2.03. The molecule has 2 aliphatic rings. The van der Waals surface area contributed by atoms with Gasteiger partial charge in [0.15, 0.2) is 0 Å². The molecule has 1 aliphatic heterocycles. The van der Waals surface area contributed by atoms with Crippen LogP contribution < -0.4 is 0 Å². The molecule has 1 heterocycles. The number of Topliss-reactive ketones (excluding diaryl/α,β-unsaturated/α-hetero) is 1. The molecule has 0 spiro atoms. The van der Waals surface area contributed by atoms with E-state index in [-0.39, 0.29) is 5.78 Å². The number of ketones is 1. The second-order valence-corrected chi connectivity index (χ2v) is 3.20. The zero-order chi connectivity index (χ0) is 9.54. The van der Waals surface area contributed by atoms with Crippen LogP contribution in [0.15, 0.2) is 40.0 Å². The van der Waals surface area contributed by atoms with Crippen molar-refractivity contribution in [1.82, 2.24) is 0 Å². The van der Waals surface area contributed by atoms with Crippen LogP contribution >= 0.6 is 0 Å². The predicted octanol–water partition coefficient (Wildman–Crippen LogP) is 1.44. The lowest BCUT2D eigenvalue weighted by molar-refractivity contribution is -0.108. The largest absolute Gasteiger partial charge is 0.287 e. The molecule has 0 N–H and O–H groups in total. The fourth-order valence-corrected chi connectivity index (χ4v) is 1.71. The van der Waals surface area contributed by atoms with Crippen molar-refractivity contribution < 1.29 is 4.79 Å². The molecular formula is C11H6N2O. The highest BCUT2D eigenvalue weighted by atomic mass is 16.1. The third-order valence-electron chi connectivity index (χ3n) is 2.37. The van der Waals surface area contributed by atoms with Crippen LogP contribution in [0.25, 0.3) is 6.08 Å². The summed E-state index contributed by atoms with van der Waals surface area (Å²) in [6.45, 7) is 0. The van der Waals surface area contributed by atoms with Crippen LogP contribution in [0.5, 0.6) is 0 Å². The Bertz CT molecular complexity index is 524. The van der Waals surface area contributed by atoms with Crippen LogP contribution in [0.2, 0.25) is 0 Å². The Labute approximate surface area is 80.5 Å². The summed E-state index contributed by atoms with van der Waals surface area (Å²) in [5.74, 6) is -0.0637. The molecule has 3 rings (SSSR count). The molecule has 0 bridgehead atoms. The molecule has 0 aromatic heterocycles. The van der Waals surface area contributed by atoms with E-state index in [4.69, 9.17) is 0 Å². The Kier molecular flexibility index (Phi) is 1.31. The van der Waals surface area contributed by atoms with Crippen molar-refractivity contribution >= 4 is 23.8 Å². The Morgan fingerprint density at radius 1 is 1.14 bits per heavy atom. The second kappa shape index (κ2) is 2.48. The number of allylic oxidation sites excluding steroid dienone is 1. The summed E-state index contributed by atoms with van der Waals surface area (Å²) >= 11 is 0. The number of carbonyl (C=O) groups is 1. The number of hydrogen-bond donors (Lipinski definition) is 0. The maximum atomic E-state index is 11.4. The topological polar surface area (TPSA) is 41.8 Å². The summed E-state index contributed by atoms with van der Waals surface area (Å²) in [6, 6.07) is 7.79. The van der Waals surface area contributed by atoms with Gasteiger partial charge in [-0.05, 0) is 11.6 Å². The van der Waals surface area contributed by atoms with Gasteiger partial charge in [0.1, 0.15) is 5.71 Å². The molecule has 0 atom stereocenters. The van der Waals surface area contributed by atoms with Gasteiger partial charge in [-0.1, -0.05) is 24.3 Å². The van der Waals surface area contributed by atoms with Crippen LogP contribution in [0.1, 0.15) is 11.1 Å². The van der Waals surface area contributed by atoms with E-state index in [0.717, 1.165) is 11.1 Å². The van der Waals surface area contributed by atoms with Crippen LogP contribution in [-0.4, -0.2) is 17.7 Å². The molecule has 0 saturated carbocycles. The van der Waals surface area contributed by atoms with E-state index < -0.39 is 0 Å². The van der Waals surface area contributed by atoms with Crippen molar-refractivity contribution in [3.8, 4) is 0 Å². The van der Waals surface area contributed by atoms with Gasteiger partial charge in [0.2, 0.25) is 5.78 Å². The molecule has 1 aliphatic carbocycles. The predicted molar refractivity (Wildman–Crippen MR) is 54.5 cm³/mol. The highest BCUT2D eigenvalue weighted by Gasteiger charge is 2.26. The molecule has 0 fully saturated rings. The molecular weight excluding hydrogens is 176 g/mol. The zero-order valence-corrected chi connectivity index (χ0v) is 7.27. The van der Waals surface area contributed by atoms with Crippen LogP contribution in [0.4, 0.5) is 0 Å². The Morgan fingerprint density at radius 3 is 2.93 bits per heavy atom. The van der Waals surface area contributed by atoms with Gasteiger partial charge < -0.3 is 0 Å². The van der Waals surface area contributed by atoms with Gasteiger partial charge in [-0.2, -0.15) is 5.10 Å². The van der Waals surface area contributed by atoms with Crippen molar-refractivity contribution in [3.05, 3.63) is 41.0 Å². The molecule has 66 valence electrons. The molecule has 3 nitrogen and oxygen atoms in total. The lowest BCUT2D eigenvalue weighted by Gasteiger charge is -2.03. The summed E-state index contributed by atoms with van der Waals surface area (Å²) in [5, 5.41) is 7.65. The van der Waals surface area contributed by atoms with Crippen molar-refractivity contribution in [2.75, 3.05) is 0 Å². The van der Waals surface area contributed by atoms with E-state index >= 15 is 0 Å². The zero-order valence-electron chi connectivity index (χ0n) is 7.27. The highest BCUT2D eigenvalue weighted by molar-refractivity contribution is 6.50. The van der Waals surface area contributed by atoms with Crippen molar-refractivity contribution in [3.63, 3.8) is 0 Å². The minimum atomic E-state index is -0.0637. The van der Waals surface area contributed by atoms with E-state index in [0.29, 0.717) is 11.3 Å². The van der Waals surface area contributed by atoms with Crippen LogP contribution in [-0.2, 0) is 4.79 Å². The van der Waals surface area contributed by atoms with Crippen molar-refractivity contribution in [1.29, 1.82) is 0 Å². The SMILES string of the molecule is O=C1C=NN=C2C1=Cc1ccccc12. The van der Waals surface area contributed by atoms with Crippen molar-refractivity contribution in [2.45, 2.75) is 0 Å². The standard InChI is InChI=1S/C11H6N2O/c14-10-6-12-13-11-8-4-2-1-3-7(8)5-9(10)11/h1-6H. The van der Waals surface area contributed by atoms with Gasteiger partial charge in [-0.25, -0.2) is 0 Å². The van der Waals surface area contributed by atoms with Gasteiger partial charge in [-0.3, -0.25) is 4.79 Å². The van der Waals surface area contributed by atoms with Crippen LogP contribution in [0.3, 0.4) is 0 Å². The van der Waals surface area contributed by atoms with E-state index in [2.05, 4.69) is 10.2 Å². The van der Waals surface area contributed by atoms with E-state index in [1.54, 1.807) is 0 Å². The average molecular weight is 182 g/mol. The number of rotatable bonds is 0. The third kappa shape index (κ3) is 0.836. The van der Waals surface area contributed by atoms with Gasteiger partial charge in [0, 0.05) is 5.56 Å². The van der Waals surface area contributed by atoms with E-state index in [9.17, 15) is 4.79 Å². The Balaban J connectivity index is 2.29. The van der Waals surface area contributed by atoms with Gasteiger partial charge in [0.05, 0.1) is 11.8 Å². The second-order valence-electron chi connectivity index (χ2n) is 3.20. The summed E-state index contributed by atoms with van der Waals surface area (Å²) in [7, 11) is 0. The molecule has 14 heavy (non-hydrogen) atoms. The third-order valence-corrected chi connectivity index (χ3v) is 2.37. The molecule has 1 aromatic rings. The van der Waals surface area contributed by atoms with E-state index in [1.165, 1.54) is 6.21 Å².